The predicted molar refractivity (Wildman–Crippen MR) is 146 cm³/mol. The molecule has 0 N–H and O–H groups in total. The average Bonchev–Trinajstić information content (AvgIpc) is 3.44. The summed E-state index contributed by atoms with van der Waals surface area (Å²) in [5, 5.41) is 0. The Labute approximate surface area is 224 Å². The maximum atomic E-state index is 15.2. The molecule has 2 heterocycles. The van der Waals surface area contributed by atoms with Crippen molar-refractivity contribution in [2.45, 2.75) is 32.9 Å². The molecule has 0 radical (unpaired) electrons. The van der Waals surface area contributed by atoms with E-state index >= 15 is 4.39 Å². The molecular formula is C30H37FN4O3. The molecule has 2 aromatic carbocycles. The number of nitrogens with zero attached hydrogens (tertiary/aromatic N) is 4. The minimum absolute atomic E-state index is 0.104. The van der Waals surface area contributed by atoms with E-state index in [1.54, 1.807) is 30.3 Å². The molecule has 7 nitrogen and oxygen atoms in total. The van der Waals surface area contributed by atoms with Crippen LogP contribution < -0.4 is 4.90 Å². The van der Waals surface area contributed by atoms with Crippen LogP contribution in [-0.2, 0) is 22.6 Å². The van der Waals surface area contributed by atoms with Crippen molar-refractivity contribution in [1.82, 2.24) is 14.7 Å². The summed E-state index contributed by atoms with van der Waals surface area (Å²) in [6.07, 6.45) is 1.70. The van der Waals surface area contributed by atoms with E-state index in [9.17, 15) is 9.59 Å². The number of hydrogen-bond donors (Lipinski definition) is 0. The minimum atomic E-state index is -0.352. The number of hydrogen-bond acceptors (Lipinski definition) is 5. The van der Waals surface area contributed by atoms with Gasteiger partial charge in [0.15, 0.2) is 0 Å². The zero-order valence-electron chi connectivity index (χ0n) is 22.5. The SMILES string of the molecule is CCN(CC)C(=O)C(c1ccccc1)N1CCN(c2ccc(CC(=O)N(C)Cc3ccco3)cc2F)CC1. The lowest BCUT2D eigenvalue weighted by molar-refractivity contribution is -0.137. The standard InChI is InChI=1S/C30H37FN4O3/c1-4-33(5-2)30(37)29(24-10-7-6-8-11-24)35-17-15-34(16-18-35)27-14-13-23(20-26(27)31)21-28(36)32(3)22-25-12-9-19-38-25/h6-14,19-20,29H,4-5,15-18,21-22H2,1-3H3. The number of anilines is 1. The monoisotopic (exact) mass is 520 g/mol. The fourth-order valence-corrected chi connectivity index (χ4v) is 5.03. The van der Waals surface area contributed by atoms with E-state index in [1.807, 2.05) is 66.1 Å². The third-order valence-electron chi connectivity index (χ3n) is 7.21. The van der Waals surface area contributed by atoms with Crippen LogP contribution in [0.3, 0.4) is 0 Å². The van der Waals surface area contributed by atoms with E-state index in [0.29, 0.717) is 62.8 Å². The van der Waals surface area contributed by atoms with Crippen molar-refractivity contribution >= 4 is 17.5 Å². The van der Waals surface area contributed by atoms with Crippen LogP contribution in [0.1, 0.15) is 36.8 Å². The average molecular weight is 521 g/mol. The van der Waals surface area contributed by atoms with E-state index in [0.717, 1.165) is 5.56 Å². The molecule has 2 amide bonds. The quantitative estimate of drug-likeness (QED) is 0.398. The highest BCUT2D eigenvalue weighted by atomic mass is 19.1. The first-order valence-electron chi connectivity index (χ1n) is 13.3. The summed E-state index contributed by atoms with van der Waals surface area (Å²) in [5.41, 5.74) is 2.14. The van der Waals surface area contributed by atoms with Crippen molar-refractivity contribution in [1.29, 1.82) is 0 Å². The normalized spacial score (nSPS) is 14.8. The van der Waals surface area contributed by atoms with Gasteiger partial charge in [0.1, 0.15) is 17.6 Å². The molecule has 0 spiro atoms. The van der Waals surface area contributed by atoms with Gasteiger partial charge < -0.3 is 19.1 Å². The second-order valence-corrected chi connectivity index (χ2v) is 9.64. The van der Waals surface area contributed by atoms with Gasteiger partial charge in [-0.2, -0.15) is 0 Å². The largest absolute Gasteiger partial charge is 0.467 e. The van der Waals surface area contributed by atoms with Crippen LogP contribution in [0.5, 0.6) is 0 Å². The van der Waals surface area contributed by atoms with Gasteiger partial charge in [-0.15, -0.1) is 0 Å². The van der Waals surface area contributed by atoms with Crippen LogP contribution in [0.4, 0.5) is 10.1 Å². The van der Waals surface area contributed by atoms with Gasteiger partial charge >= 0.3 is 0 Å². The Morgan fingerprint density at radius 2 is 1.68 bits per heavy atom. The van der Waals surface area contributed by atoms with Crippen LogP contribution in [0.15, 0.2) is 71.3 Å². The first-order valence-corrected chi connectivity index (χ1v) is 13.3. The molecule has 1 unspecified atom stereocenters. The minimum Gasteiger partial charge on any atom is -0.467 e. The van der Waals surface area contributed by atoms with E-state index in [2.05, 4.69) is 4.90 Å². The summed E-state index contributed by atoms with van der Waals surface area (Å²) in [7, 11) is 1.71. The van der Waals surface area contributed by atoms with E-state index in [4.69, 9.17) is 4.42 Å². The molecule has 8 heteroatoms. The first-order chi connectivity index (χ1) is 18.4. The van der Waals surface area contributed by atoms with Gasteiger partial charge in [-0.05, 0) is 49.2 Å². The zero-order valence-corrected chi connectivity index (χ0v) is 22.5. The van der Waals surface area contributed by atoms with Crippen molar-refractivity contribution in [3.8, 4) is 0 Å². The maximum Gasteiger partial charge on any atom is 0.244 e. The zero-order chi connectivity index (χ0) is 27.1. The van der Waals surface area contributed by atoms with Crippen molar-refractivity contribution in [2.75, 3.05) is 51.2 Å². The third-order valence-corrected chi connectivity index (χ3v) is 7.21. The summed E-state index contributed by atoms with van der Waals surface area (Å²) >= 11 is 0. The molecule has 38 heavy (non-hydrogen) atoms. The second-order valence-electron chi connectivity index (χ2n) is 9.64. The van der Waals surface area contributed by atoms with Gasteiger partial charge in [-0.3, -0.25) is 14.5 Å². The smallest absolute Gasteiger partial charge is 0.244 e. The molecule has 1 saturated heterocycles. The molecule has 1 aromatic heterocycles. The van der Waals surface area contributed by atoms with Crippen LogP contribution in [0, 0.1) is 5.82 Å². The summed E-state index contributed by atoms with van der Waals surface area (Å²) in [4.78, 5) is 33.7. The Morgan fingerprint density at radius 3 is 2.29 bits per heavy atom. The van der Waals surface area contributed by atoms with Crippen LogP contribution in [0.2, 0.25) is 0 Å². The molecule has 0 aliphatic carbocycles. The number of piperazine rings is 1. The second kappa shape index (κ2) is 12.7. The Kier molecular flexibility index (Phi) is 9.18. The molecule has 202 valence electrons. The van der Waals surface area contributed by atoms with Gasteiger partial charge in [-0.1, -0.05) is 36.4 Å². The fourth-order valence-electron chi connectivity index (χ4n) is 5.03. The highest BCUT2D eigenvalue weighted by Crippen LogP contribution is 2.28. The van der Waals surface area contributed by atoms with Gasteiger partial charge in [0.2, 0.25) is 11.8 Å². The number of halogens is 1. The number of likely N-dealkylation sites (N-methyl/N-ethyl adjacent to an activating group) is 2. The van der Waals surface area contributed by atoms with Crippen molar-refractivity contribution in [3.63, 3.8) is 0 Å². The number of furan rings is 1. The first kappa shape index (κ1) is 27.4. The molecule has 4 rings (SSSR count). The number of carbonyl (C=O) groups is 2. The van der Waals surface area contributed by atoms with Crippen molar-refractivity contribution in [2.24, 2.45) is 0 Å². The van der Waals surface area contributed by atoms with Gasteiger partial charge in [0.05, 0.1) is 24.9 Å². The van der Waals surface area contributed by atoms with Crippen molar-refractivity contribution in [3.05, 3.63) is 89.6 Å². The molecular weight excluding hydrogens is 483 g/mol. The van der Waals surface area contributed by atoms with Crippen LogP contribution >= 0.6 is 0 Å². The number of carbonyl (C=O) groups excluding carboxylic acids is 2. The Hall–Kier alpha value is -3.65. The number of benzene rings is 2. The van der Waals surface area contributed by atoms with Crippen LogP contribution in [0.25, 0.3) is 0 Å². The van der Waals surface area contributed by atoms with E-state index in [1.165, 1.54) is 6.07 Å². The Morgan fingerprint density at radius 1 is 0.974 bits per heavy atom. The highest BCUT2D eigenvalue weighted by Gasteiger charge is 2.33. The Bertz CT molecular complexity index is 1190. The molecule has 0 saturated carbocycles. The maximum absolute atomic E-state index is 15.2. The lowest BCUT2D eigenvalue weighted by atomic mass is 10.0. The molecule has 1 fully saturated rings. The number of rotatable bonds is 10. The van der Waals surface area contributed by atoms with Crippen LogP contribution in [-0.4, -0.2) is 72.8 Å². The van der Waals surface area contributed by atoms with Gasteiger partial charge in [0.25, 0.3) is 0 Å². The topological polar surface area (TPSA) is 60.2 Å². The predicted octanol–water partition coefficient (Wildman–Crippen LogP) is 4.35. The lowest BCUT2D eigenvalue weighted by Gasteiger charge is -2.41. The third kappa shape index (κ3) is 6.42. The summed E-state index contributed by atoms with van der Waals surface area (Å²) in [5.74, 6) is 0.366. The van der Waals surface area contributed by atoms with Crippen molar-refractivity contribution < 1.29 is 18.4 Å². The molecule has 0 bridgehead atoms. The molecule has 1 aliphatic heterocycles. The fraction of sp³-hybridized carbons (Fsp3) is 0.400. The summed E-state index contributed by atoms with van der Waals surface area (Å²) < 4.78 is 20.5. The van der Waals surface area contributed by atoms with E-state index < -0.39 is 0 Å². The summed E-state index contributed by atoms with van der Waals surface area (Å²) in [6, 6.07) is 18.2. The lowest BCUT2D eigenvalue weighted by Crippen LogP contribution is -2.52. The molecule has 1 atom stereocenters. The van der Waals surface area contributed by atoms with Gasteiger partial charge in [0, 0.05) is 46.3 Å². The molecule has 1 aliphatic rings. The van der Waals surface area contributed by atoms with Gasteiger partial charge in [-0.25, -0.2) is 4.39 Å². The van der Waals surface area contributed by atoms with E-state index in [-0.39, 0.29) is 30.1 Å². The Balaban J connectivity index is 1.40. The highest BCUT2D eigenvalue weighted by molar-refractivity contribution is 5.83. The number of amides is 2. The summed E-state index contributed by atoms with van der Waals surface area (Å²) in [6.45, 7) is 8.20. The molecule has 3 aromatic rings.